The van der Waals surface area contributed by atoms with Crippen LogP contribution in [-0.2, 0) is 9.59 Å². The molecule has 0 aromatic carbocycles. The van der Waals surface area contributed by atoms with E-state index < -0.39 is 11.5 Å². The normalized spacial score (nSPS) is 30.2. The Labute approximate surface area is 120 Å². The van der Waals surface area contributed by atoms with Crippen LogP contribution in [0.3, 0.4) is 0 Å². The fourth-order valence-corrected chi connectivity index (χ4v) is 3.35. The largest absolute Gasteiger partial charge is 0.480 e. The van der Waals surface area contributed by atoms with E-state index in [-0.39, 0.29) is 11.9 Å². The van der Waals surface area contributed by atoms with Crippen molar-refractivity contribution in [3.8, 4) is 0 Å². The number of hydrogen-bond acceptors (Lipinski definition) is 3. The van der Waals surface area contributed by atoms with Gasteiger partial charge in [0.15, 0.2) is 0 Å². The quantitative estimate of drug-likeness (QED) is 0.688. The minimum atomic E-state index is -1.05. The first kappa shape index (κ1) is 15.3. The van der Waals surface area contributed by atoms with Gasteiger partial charge in [0.2, 0.25) is 5.91 Å². The maximum absolute atomic E-state index is 12.4. The van der Waals surface area contributed by atoms with Crippen molar-refractivity contribution in [1.82, 2.24) is 10.6 Å². The maximum atomic E-state index is 12.4. The summed E-state index contributed by atoms with van der Waals surface area (Å²) in [5, 5.41) is 15.6. The van der Waals surface area contributed by atoms with E-state index in [1.165, 1.54) is 0 Å². The number of aliphatic carboxylic acids is 1. The van der Waals surface area contributed by atoms with Crippen LogP contribution in [0.15, 0.2) is 0 Å². The van der Waals surface area contributed by atoms with Gasteiger partial charge in [-0.3, -0.25) is 4.79 Å². The SMILES string of the molecule is CC1CCNC(C(=O)NC2(C(=O)O)CCCCCC2)C1. The van der Waals surface area contributed by atoms with E-state index in [1.54, 1.807) is 0 Å². The molecule has 0 aromatic rings. The molecule has 20 heavy (non-hydrogen) atoms. The molecule has 114 valence electrons. The lowest BCUT2D eigenvalue weighted by molar-refractivity contribution is -0.148. The molecule has 1 heterocycles. The highest BCUT2D eigenvalue weighted by atomic mass is 16.4. The van der Waals surface area contributed by atoms with Crippen LogP contribution in [0.4, 0.5) is 0 Å². The standard InChI is InChI=1S/C15H26N2O3/c1-11-6-9-16-12(10-11)13(18)17-15(14(19)20)7-4-2-3-5-8-15/h11-12,16H,2-10H2,1H3,(H,17,18)(H,19,20). The molecule has 1 aliphatic heterocycles. The Balaban J connectivity index is 2.03. The minimum Gasteiger partial charge on any atom is -0.480 e. The molecule has 1 saturated carbocycles. The van der Waals surface area contributed by atoms with Gasteiger partial charge in [0.25, 0.3) is 0 Å². The Morgan fingerprint density at radius 3 is 2.40 bits per heavy atom. The zero-order chi connectivity index (χ0) is 14.6. The van der Waals surface area contributed by atoms with Crippen molar-refractivity contribution in [3.63, 3.8) is 0 Å². The molecular formula is C15H26N2O3. The van der Waals surface area contributed by atoms with Gasteiger partial charge >= 0.3 is 5.97 Å². The predicted molar refractivity (Wildman–Crippen MR) is 76.4 cm³/mol. The smallest absolute Gasteiger partial charge is 0.329 e. The molecule has 1 saturated heterocycles. The van der Waals surface area contributed by atoms with Gasteiger partial charge in [0.05, 0.1) is 6.04 Å². The van der Waals surface area contributed by atoms with E-state index >= 15 is 0 Å². The topological polar surface area (TPSA) is 78.4 Å². The maximum Gasteiger partial charge on any atom is 0.329 e. The van der Waals surface area contributed by atoms with Crippen molar-refractivity contribution >= 4 is 11.9 Å². The number of carbonyl (C=O) groups is 2. The van der Waals surface area contributed by atoms with Crippen molar-refractivity contribution in [3.05, 3.63) is 0 Å². The van der Waals surface area contributed by atoms with E-state index in [2.05, 4.69) is 17.6 Å². The summed E-state index contributed by atoms with van der Waals surface area (Å²) >= 11 is 0. The van der Waals surface area contributed by atoms with Crippen LogP contribution in [0.2, 0.25) is 0 Å². The van der Waals surface area contributed by atoms with E-state index in [0.29, 0.717) is 18.8 Å². The van der Waals surface area contributed by atoms with Crippen molar-refractivity contribution in [2.75, 3.05) is 6.54 Å². The Kier molecular flexibility index (Phi) is 5.02. The summed E-state index contributed by atoms with van der Waals surface area (Å²) < 4.78 is 0. The molecule has 1 amide bonds. The van der Waals surface area contributed by atoms with E-state index in [1.807, 2.05) is 0 Å². The molecule has 1 aliphatic carbocycles. The number of nitrogens with one attached hydrogen (secondary N) is 2. The number of amides is 1. The van der Waals surface area contributed by atoms with Crippen molar-refractivity contribution < 1.29 is 14.7 Å². The van der Waals surface area contributed by atoms with Crippen LogP contribution in [0.1, 0.15) is 58.3 Å². The first-order valence-electron chi connectivity index (χ1n) is 7.82. The highest BCUT2D eigenvalue weighted by Crippen LogP contribution is 2.28. The summed E-state index contributed by atoms with van der Waals surface area (Å²) in [4.78, 5) is 24.1. The van der Waals surface area contributed by atoms with Gasteiger partial charge in [-0.05, 0) is 38.1 Å². The average Bonchev–Trinajstić information content (AvgIpc) is 2.65. The van der Waals surface area contributed by atoms with Crippen LogP contribution in [0.25, 0.3) is 0 Å². The van der Waals surface area contributed by atoms with E-state index in [4.69, 9.17) is 0 Å². The van der Waals surface area contributed by atoms with E-state index in [9.17, 15) is 14.7 Å². The molecule has 0 radical (unpaired) electrons. The Bertz CT molecular complexity index is 362. The molecule has 2 rings (SSSR count). The highest BCUT2D eigenvalue weighted by molar-refractivity contribution is 5.89. The second-order valence-corrected chi connectivity index (χ2v) is 6.43. The second kappa shape index (κ2) is 6.57. The molecule has 5 nitrogen and oxygen atoms in total. The molecule has 2 fully saturated rings. The van der Waals surface area contributed by atoms with Crippen LogP contribution in [-0.4, -0.2) is 35.1 Å². The molecular weight excluding hydrogens is 256 g/mol. The third-order valence-corrected chi connectivity index (χ3v) is 4.71. The number of rotatable bonds is 3. The summed E-state index contributed by atoms with van der Waals surface area (Å²) in [6.45, 7) is 2.97. The first-order chi connectivity index (χ1) is 9.53. The third-order valence-electron chi connectivity index (χ3n) is 4.71. The van der Waals surface area contributed by atoms with Crippen molar-refractivity contribution in [2.45, 2.75) is 69.9 Å². The number of carboxylic acid groups (broad SMARTS) is 1. The van der Waals surface area contributed by atoms with Crippen LogP contribution < -0.4 is 10.6 Å². The van der Waals surface area contributed by atoms with Gasteiger partial charge in [-0.1, -0.05) is 32.6 Å². The van der Waals surface area contributed by atoms with Crippen molar-refractivity contribution in [2.24, 2.45) is 5.92 Å². The predicted octanol–water partition coefficient (Wildman–Crippen LogP) is 1.67. The molecule has 5 heteroatoms. The Morgan fingerprint density at radius 1 is 1.20 bits per heavy atom. The number of carbonyl (C=O) groups excluding carboxylic acids is 1. The van der Waals surface area contributed by atoms with Crippen LogP contribution >= 0.6 is 0 Å². The van der Waals surface area contributed by atoms with Gasteiger partial charge in [-0.2, -0.15) is 0 Å². The zero-order valence-electron chi connectivity index (χ0n) is 12.3. The second-order valence-electron chi connectivity index (χ2n) is 6.43. The lowest BCUT2D eigenvalue weighted by Crippen LogP contribution is -2.59. The molecule has 2 aliphatic rings. The fourth-order valence-electron chi connectivity index (χ4n) is 3.35. The lowest BCUT2D eigenvalue weighted by atomic mass is 9.88. The van der Waals surface area contributed by atoms with Gasteiger partial charge < -0.3 is 15.7 Å². The van der Waals surface area contributed by atoms with Gasteiger partial charge in [0.1, 0.15) is 5.54 Å². The summed E-state index contributed by atoms with van der Waals surface area (Å²) in [6.07, 6.45) is 6.84. The third kappa shape index (κ3) is 3.51. The van der Waals surface area contributed by atoms with Crippen LogP contribution in [0.5, 0.6) is 0 Å². The van der Waals surface area contributed by atoms with Crippen molar-refractivity contribution in [1.29, 1.82) is 0 Å². The fraction of sp³-hybridized carbons (Fsp3) is 0.867. The molecule has 3 N–H and O–H groups in total. The van der Waals surface area contributed by atoms with Gasteiger partial charge in [0, 0.05) is 0 Å². The molecule has 0 aromatic heterocycles. The number of carboxylic acids is 1. The summed E-state index contributed by atoms with van der Waals surface area (Å²) in [5.41, 5.74) is -1.05. The van der Waals surface area contributed by atoms with Gasteiger partial charge in [-0.15, -0.1) is 0 Å². The summed E-state index contributed by atoms with van der Waals surface area (Å²) in [5.74, 6) is -0.501. The molecule has 0 spiro atoms. The monoisotopic (exact) mass is 282 g/mol. The Morgan fingerprint density at radius 2 is 1.85 bits per heavy atom. The number of hydrogen-bond donors (Lipinski definition) is 3. The Hall–Kier alpha value is -1.10. The van der Waals surface area contributed by atoms with Crippen LogP contribution in [0, 0.1) is 5.92 Å². The summed E-state index contributed by atoms with van der Waals surface area (Å²) in [6, 6.07) is -0.238. The molecule has 0 bridgehead atoms. The lowest BCUT2D eigenvalue weighted by Gasteiger charge is -2.33. The first-order valence-corrected chi connectivity index (χ1v) is 7.82. The molecule has 2 atom stereocenters. The summed E-state index contributed by atoms with van der Waals surface area (Å²) in [7, 11) is 0. The van der Waals surface area contributed by atoms with Gasteiger partial charge in [-0.25, -0.2) is 4.79 Å². The average molecular weight is 282 g/mol. The van der Waals surface area contributed by atoms with E-state index in [0.717, 1.165) is 45.1 Å². The number of piperidine rings is 1. The highest BCUT2D eigenvalue weighted by Gasteiger charge is 2.41. The molecule has 2 unspecified atom stereocenters. The zero-order valence-corrected chi connectivity index (χ0v) is 12.3. The minimum absolute atomic E-state index is 0.138.